The highest BCUT2D eigenvalue weighted by atomic mass is 79.9. The Balaban J connectivity index is 1.69. The number of nitrogens with zero attached hydrogens (tertiary/aromatic N) is 3. The van der Waals surface area contributed by atoms with Crippen molar-refractivity contribution in [1.29, 1.82) is 0 Å². The van der Waals surface area contributed by atoms with Gasteiger partial charge in [0.2, 0.25) is 0 Å². The van der Waals surface area contributed by atoms with E-state index in [2.05, 4.69) is 30.7 Å². The lowest BCUT2D eigenvalue weighted by molar-refractivity contribution is -0.137. The number of pyridine rings is 1. The monoisotopic (exact) mass is 393 g/mol. The molecule has 23 heavy (non-hydrogen) atoms. The van der Waals surface area contributed by atoms with Crippen molar-refractivity contribution in [1.82, 2.24) is 9.88 Å². The normalized spacial score (nSPS) is 24.0. The Morgan fingerprint density at radius 3 is 2.70 bits per heavy atom. The van der Waals surface area contributed by atoms with Crippen LogP contribution in [0.25, 0.3) is 0 Å². The van der Waals surface area contributed by atoms with E-state index in [1.54, 1.807) is 0 Å². The Morgan fingerprint density at radius 2 is 2.04 bits per heavy atom. The highest BCUT2D eigenvalue weighted by molar-refractivity contribution is 9.10. The molecule has 3 rings (SSSR count). The van der Waals surface area contributed by atoms with Crippen molar-refractivity contribution in [2.24, 2.45) is 0 Å². The van der Waals surface area contributed by atoms with Crippen LogP contribution in [0, 0.1) is 0 Å². The van der Waals surface area contributed by atoms with Crippen LogP contribution in [0.2, 0.25) is 0 Å². The van der Waals surface area contributed by atoms with Gasteiger partial charge in [0.25, 0.3) is 0 Å². The first kappa shape index (κ1) is 17.0. The third kappa shape index (κ3) is 3.97. The molecule has 2 aliphatic heterocycles. The molecular weight excluding hydrogens is 375 g/mol. The van der Waals surface area contributed by atoms with Gasteiger partial charge in [-0.05, 0) is 34.8 Å². The van der Waals surface area contributed by atoms with Crippen LogP contribution in [-0.2, 0) is 10.9 Å². The minimum atomic E-state index is -4.37. The molecule has 2 aliphatic rings. The average molecular weight is 394 g/mol. The van der Waals surface area contributed by atoms with E-state index in [0.717, 1.165) is 64.5 Å². The van der Waals surface area contributed by atoms with Crippen molar-refractivity contribution in [3.63, 3.8) is 0 Å². The maximum atomic E-state index is 12.7. The Morgan fingerprint density at radius 1 is 1.22 bits per heavy atom. The molecule has 1 atom stereocenters. The third-order valence-electron chi connectivity index (χ3n) is 4.40. The van der Waals surface area contributed by atoms with E-state index in [1.807, 2.05) is 0 Å². The number of hydrogen-bond donors (Lipinski definition) is 0. The van der Waals surface area contributed by atoms with Crippen molar-refractivity contribution in [3.8, 4) is 0 Å². The number of ether oxygens (including phenoxy) is 1. The highest BCUT2D eigenvalue weighted by Gasteiger charge is 2.32. The number of rotatable bonds is 2. The summed E-state index contributed by atoms with van der Waals surface area (Å²) in [6.07, 6.45) is -1.44. The molecule has 1 unspecified atom stereocenters. The SMILES string of the molecule is FC(F)(F)c1cnc(N2CCCN(C3CCOC3)CC2)c(Br)c1. The topological polar surface area (TPSA) is 28.6 Å². The molecule has 0 aliphatic carbocycles. The standard InChI is InChI=1S/C15H19BrF3N3O/c16-13-8-11(15(17,18)19)9-20-14(13)22-4-1-3-21(5-6-22)12-2-7-23-10-12/h8-9,12H,1-7,10H2. The van der Waals surface area contributed by atoms with E-state index < -0.39 is 11.7 Å². The van der Waals surface area contributed by atoms with Crippen LogP contribution in [0.4, 0.5) is 19.0 Å². The van der Waals surface area contributed by atoms with Gasteiger partial charge in [0.15, 0.2) is 0 Å². The van der Waals surface area contributed by atoms with Gasteiger partial charge in [0, 0.05) is 45.0 Å². The zero-order valence-corrected chi connectivity index (χ0v) is 14.2. The molecule has 4 nitrogen and oxygen atoms in total. The summed E-state index contributed by atoms with van der Waals surface area (Å²) >= 11 is 3.24. The van der Waals surface area contributed by atoms with Gasteiger partial charge in [-0.15, -0.1) is 0 Å². The molecular formula is C15H19BrF3N3O. The Hall–Kier alpha value is -0.860. The molecule has 128 valence electrons. The van der Waals surface area contributed by atoms with Crippen LogP contribution in [0.1, 0.15) is 18.4 Å². The summed E-state index contributed by atoms with van der Waals surface area (Å²) in [5, 5.41) is 0. The predicted octanol–water partition coefficient (Wildman–Crippen LogP) is 3.16. The fourth-order valence-electron chi connectivity index (χ4n) is 3.14. The fourth-order valence-corrected chi connectivity index (χ4v) is 3.74. The molecule has 2 fully saturated rings. The summed E-state index contributed by atoms with van der Waals surface area (Å²) in [5.74, 6) is 0.586. The molecule has 1 aromatic heterocycles. The minimum Gasteiger partial charge on any atom is -0.380 e. The lowest BCUT2D eigenvalue weighted by Gasteiger charge is -2.27. The van der Waals surface area contributed by atoms with Crippen LogP contribution in [0.3, 0.4) is 0 Å². The summed E-state index contributed by atoms with van der Waals surface area (Å²) in [7, 11) is 0. The lowest BCUT2D eigenvalue weighted by Crippen LogP contribution is -2.38. The molecule has 8 heteroatoms. The van der Waals surface area contributed by atoms with Crippen molar-refractivity contribution in [2.45, 2.75) is 25.1 Å². The van der Waals surface area contributed by atoms with Gasteiger partial charge < -0.3 is 9.64 Å². The zero-order chi connectivity index (χ0) is 16.4. The average Bonchev–Trinajstić information content (AvgIpc) is 2.92. The molecule has 0 spiro atoms. The Labute approximate surface area is 141 Å². The van der Waals surface area contributed by atoms with Crippen molar-refractivity contribution in [3.05, 3.63) is 22.3 Å². The van der Waals surface area contributed by atoms with E-state index in [1.165, 1.54) is 0 Å². The van der Waals surface area contributed by atoms with Gasteiger partial charge in [-0.2, -0.15) is 13.2 Å². The van der Waals surface area contributed by atoms with Gasteiger partial charge in [-0.1, -0.05) is 0 Å². The second-order valence-electron chi connectivity index (χ2n) is 5.92. The summed E-state index contributed by atoms with van der Waals surface area (Å²) in [6.45, 7) is 5.01. The molecule has 0 aromatic carbocycles. The minimum absolute atomic E-state index is 0.393. The van der Waals surface area contributed by atoms with E-state index in [0.29, 0.717) is 16.3 Å². The molecule has 3 heterocycles. The van der Waals surface area contributed by atoms with Gasteiger partial charge >= 0.3 is 6.18 Å². The van der Waals surface area contributed by atoms with Gasteiger partial charge in [-0.25, -0.2) is 4.98 Å². The van der Waals surface area contributed by atoms with Gasteiger partial charge in [-0.3, -0.25) is 4.90 Å². The van der Waals surface area contributed by atoms with Crippen molar-refractivity contribution in [2.75, 3.05) is 44.3 Å². The first-order chi connectivity index (χ1) is 10.9. The van der Waals surface area contributed by atoms with E-state index in [9.17, 15) is 13.2 Å². The summed E-state index contributed by atoms with van der Waals surface area (Å²) < 4.78 is 44.1. The largest absolute Gasteiger partial charge is 0.417 e. The summed E-state index contributed by atoms with van der Waals surface area (Å²) in [4.78, 5) is 8.53. The Kier molecular flexibility index (Phi) is 5.13. The van der Waals surface area contributed by atoms with Crippen LogP contribution in [-0.4, -0.2) is 55.3 Å². The number of alkyl halides is 3. The summed E-state index contributed by atoms with van der Waals surface area (Å²) in [5.41, 5.74) is -0.729. The van der Waals surface area contributed by atoms with Crippen molar-refractivity contribution >= 4 is 21.7 Å². The number of aromatic nitrogens is 1. The number of anilines is 1. The number of hydrogen-bond acceptors (Lipinski definition) is 4. The maximum Gasteiger partial charge on any atom is 0.417 e. The van der Waals surface area contributed by atoms with Crippen LogP contribution in [0.15, 0.2) is 16.7 Å². The highest BCUT2D eigenvalue weighted by Crippen LogP contribution is 2.34. The van der Waals surface area contributed by atoms with Crippen molar-refractivity contribution < 1.29 is 17.9 Å². The Bertz CT molecular complexity index is 549. The molecule has 1 aromatic rings. The van der Waals surface area contributed by atoms with Gasteiger partial charge in [0.1, 0.15) is 5.82 Å². The second kappa shape index (κ2) is 6.94. The van der Waals surface area contributed by atoms with Gasteiger partial charge in [0.05, 0.1) is 16.6 Å². The maximum absolute atomic E-state index is 12.7. The van der Waals surface area contributed by atoms with Crippen LogP contribution in [0.5, 0.6) is 0 Å². The summed E-state index contributed by atoms with van der Waals surface area (Å²) in [6, 6.07) is 1.58. The van der Waals surface area contributed by atoms with Crippen LogP contribution < -0.4 is 4.90 Å². The molecule has 0 saturated carbocycles. The van der Waals surface area contributed by atoms with E-state index in [4.69, 9.17) is 4.74 Å². The molecule has 0 amide bonds. The first-order valence-electron chi connectivity index (χ1n) is 7.74. The second-order valence-corrected chi connectivity index (χ2v) is 6.78. The fraction of sp³-hybridized carbons (Fsp3) is 0.667. The van der Waals surface area contributed by atoms with E-state index >= 15 is 0 Å². The lowest BCUT2D eigenvalue weighted by atomic mass is 10.2. The predicted molar refractivity (Wildman–Crippen MR) is 84.6 cm³/mol. The molecule has 0 N–H and O–H groups in total. The molecule has 0 radical (unpaired) electrons. The smallest absolute Gasteiger partial charge is 0.380 e. The third-order valence-corrected chi connectivity index (χ3v) is 4.98. The molecule has 2 saturated heterocycles. The van der Waals surface area contributed by atoms with E-state index in [-0.39, 0.29) is 0 Å². The molecule has 0 bridgehead atoms. The zero-order valence-electron chi connectivity index (χ0n) is 12.7. The van der Waals surface area contributed by atoms with Crippen LogP contribution >= 0.6 is 15.9 Å². The first-order valence-corrected chi connectivity index (χ1v) is 8.54. The quantitative estimate of drug-likeness (QED) is 0.771. The number of halogens is 4.